The van der Waals surface area contributed by atoms with Gasteiger partial charge in [0.2, 0.25) is 11.8 Å². The van der Waals surface area contributed by atoms with Crippen molar-refractivity contribution in [1.29, 1.82) is 0 Å². The minimum absolute atomic E-state index is 0.0856. The molecule has 0 saturated heterocycles. The van der Waals surface area contributed by atoms with Crippen LogP contribution in [0.25, 0.3) is 11.1 Å². The Morgan fingerprint density at radius 2 is 1.50 bits per heavy atom. The van der Waals surface area contributed by atoms with Crippen LogP contribution >= 0.6 is 0 Å². The van der Waals surface area contributed by atoms with Gasteiger partial charge in [-0.25, -0.2) is 4.79 Å². The summed E-state index contributed by atoms with van der Waals surface area (Å²) in [7, 11) is 0. The molecule has 1 aliphatic carbocycles. The van der Waals surface area contributed by atoms with E-state index in [2.05, 4.69) is 16.0 Å². The Balaban J connectivity index is 1.41. The first-order chi connectivity index (χ1) is 16.4. The maximum atomic E-state index is 12.1. The second-order valence-corrected chi connectivity index (χ2v) is 8.11. The Morgan fingerprint density at radius 1 is 0.912 bits per heavy atom. The zero-order valence-corrected chi connectivity index (χ0v) is 19.0. The predicted molar refractivity (Wildman–Crippen MR) is 125 cm³/mol. The van der Waals surface area contributed by atoms with Crippen LogP contribution in [-0.4, -0.2) is 54.7 Å². The number of ether oxygens (including phenoxy) is 1. The summed E-state index contributed by atoms with van der Waals surface area (Å²) in [4.78, 5) is 47.0. The van der Waals surface area contributed by atoms with E-state index in [-0.39, 0.29) is 32.0 Å². The number of carboxylic acids is 1. The van der Waals surface area contributed by atoms with Crippen molar-refractivity contribution in [2.24, 2.45) is 0 Å². The lowest BCUT2D eigenvalue weighted by Crippen LogP contribution is -2.45. The number of amides is 3. The number of nitrogens with one attached hydrogen (secondary N) is 3. The number of hydrogen-bond donors (Lipinski definition) is 4. The number of carbonyl (C=O) groups is 4. The number of aliphatic carboxylic acids is 1. The van der Waals surface area contributed by atoms with Gasteiger partial charge in [-0.3, -0.25) is 14.4 Å². The van der Waals surface area contributed by atoms with Crippen LogP contribution in [0, 0.1) is 0 Å². The molecule has 1 atom stereocenters. The summed E-state index contributed by atoms with van der Waals surface area (Å²) in [5, 5.41) is 16.3. The van der Waals surface area contributed by atoms with Crippen LogP contribution in [0.2, 0.25) is 0 Å². The van der Waals surface area contributed by atoms with E-state index in [9.17, 15) is 19.2 Å². The summed E-state index contributed by atoms with van der Waals surface area (Å²) in [5.41, 5.74) is 4.41. The second-order valence-electron chi connectivity index (χ2n) is 8.11. The van der Waals surface area contributed by atoms with Crippen molar-refractivity contribution in [2.45, 2.75) is 38.1 Å². The highest BCUT2D eigenvalue weighted by Crippen LogP contribution is 2.44. The van der Waals surface area contributed by atoms with Gasteiger partial charge in [0.1, 0.15) is 13.2 Å². The molecule has 0 bridgehead atoms. The van der Waals surface area contributed by atoms with E-state index < -0.39 is 29.9 Å². The molecule has 3 amide bonds. The highest BCUT2D eigenvalue weighted by atomic mass is 16.5. The Hall–Kier alpha value is -3.88. The van der Waals surface area contributed by atoms with Gasteiger partial charge in [-0.2, -0.15) is 0 Å². The van der Waals surface area contributed by atoms with E-state index in [0.717, 1.165) is 22.3 Å². The quantitative estimate of drug-likeness (QED) is 0.401. The maximum absolute atomic E-state index is 12.1. The standard InChI is InChI=1S/C25H29N3O6/c1-2-7-16(12-24(31)32)28-23(30)14-26-22(29)13-27-25(33)34-15-21-19-10-5-3-8-17(19)18-9-4-6-11-20(18)21/h3-6,8-11,16,21H,2,7,12-15H2,1H3,(H,26,29)(H,27,33)(H,28,30)(H,31,32). The number of carbonyl (C=O) groups excluding carboxylic acids is 3. The summed E-state index contributed by atoms with van der Waals surface area (Å²) in [6.07, 6.45) is 0.326. The van der Waals surface area contributed by atoms with Crippen molar-refractivity contribution in [3.8, 4) is 11.1 Å². The lowest BCUT2D eigenvalue weighted by Gasteiger charge is -2.16. The summed E-state index contributed by atoms with van der Waals surface area (Å²) >= 11 is 0. The van der Waals surface area contributed by atoms with E-state index in [0.29, 0.717) is 12.8 Å². The number of alkyl carbamates (subject to hydrolysis) is 1. The number of hydrogen-bond acceptors (Lipinski definition) is 5. The molecule has 3 rings (SSSR count). The molecule has 0 saturated carbocycles. The molecule has 1 aliphatic rings. The molecule has 0 radical (unpaired) electrons. The number of fused-ring (bicyclic) bond motifs is 3. The smallest absolute Gasteiger partial charge is 0.407 e. The van der Waals surface area contributed by atoms with Crippen LogP contribution in [-0.2, 0) is 19.1 Å². The predicted octanol–water partition coefficient (Wildman–Crippen LogP) is 2.40. The van der Waals surface area contributed by atoms with Crippen molar-refractivity contribution in [3.63, 3.8) is 0 Å². The lowest BCUT2D eigenvalue weighted by atomic mass is 9.98. The number of rotatable bonds is 11. The molecular formula is C25H29N3O6. The molecular weight excluding hydrogens is 438 g/mol. The fraction of sp³-hybridized carbons (Fsp3) is 0.360. The molecule has 4 N–H and O–H groups in total. The SMILES string of the molecule is CCCC(CC(=O)O)NC(=O)CNC(=O)CNC(=O)OCC1c2ccccc2-c2ccccc21. The zero-order valence-electron chi connectivity index (χ0n) is 19.0. The van der Waals surface area contributed by atoms with Crippen molar-refractivity contribution < 1.29 is 29.0 Å². The third kappa shape index (κ3) is 6.57. The first kappa shape index (κ1) is 24.8. The van der Waals surface area contributed by atoms with Crippen LogP contribution in [0.3, 0.4) is 0 Å². The van der Waals surface area contributed by atoms with Crippen molar-refractivity contribution >= 4 is 23.9 Å². The first-order valence-corrected chi connectivity index (χ1v) is 11.3. The average Bonchev–Trinajstić information content (AvgIpc) is 3.13. The van der Waals surface area contributed by atoms with Crippen molar-refractivity contribution in [2.75, 3.05) is 19.7 Å². The molecule has 9 heteroatoms. The normalized spacial score (nSPS) is 12.7. The van der Waals surface area contributed by atoms with Crippen LogP contribution in [0.15, 0.2) is 48.5 Å². The Morgan fingerprint density at radius 3 is 2.09 bits per heavy atom. The molecule has 0 fully saturated rings. The Labute approximate surface area is 197 Å². The van der Waals surface area contributed by atoms with E-state index in [4.69, 9.17) is 9.84 Å². The third-order valence-corrected chi connectivity index (χ3v) is 5.61. The van der Waals surface area contributed by atoms with Gasteiger partial charge in [0.25, 0.3) is 0 Å². The monoisotopic (exact) mass is 467 g/mol. The molecule has 34 heavy (non-hydrogen) atoms. The molecule has 0 heterocycles. The van der Waals surface area contributed by atoms with Gasteiger partial charge in [-0.05, 0) is 28.7 Å². The molecule has 1 unspecified atom stereocenters. The number of carboxylic acid groups (broad SMARTS) is 1. The largest absolute Gasteiger partial charge is 0.481 e. The van der Waals surface area contributed by atoms with Crippen LogP contribution in [0.1, 0.15) is 43.2 Å². The van der Waals surface area contributed by atoms with Gasteiger partial charge < -0.3 is 25.8 Å². The van der Waals surface area contributed by atoms with E-state index >= 15 is 0 Å². The minimum Gasteiger partial charge on any atom is -0.481 e. The molecule has 180 valence electrons. The van der Waals surface area contributed by atoms with Gasteiger partial charge in [-0.1, -0.05) is 61.9 Å². The van der Waals surface area contributed by atoms with Gasteiger partial charge in [0, 0.05) is 12.0 Å². The van der Waals surface area contributed by atoms with Crippen LogP contribution in [0.4, 0.5) is 4.79 Å². The van der Waals surface area contributed by atoms with Crippen LogP contribution in [0.5, 0.6) is 0 Å². The number of benzene rings is 2. The molecule has 0 aromatic heterocycles. The van der Waals surface area contributed by atoms with E-state index in [1.165, 1.54) is 0 Å². The second kappa shape index (κ2) is 11.8. The summed E-state index contributed by atoms with van der Waals surface area (Å²) in [6.45, 7) is 1.35. The van der Waals surface area contributed by atoms with Gasteiger partial charge in [0.15, 0.2) is 0 Å². The van der Waals surface area contributed by atoms with Gasteiger partial charge >= 0.3 is 12.1 Å². The van der Waals surface area contributed by atoms with Crippen LogP contribution < -0.4 is 16.0 Å². The van der Waals surface area contributed by atoms with E-state index in [1.807, 2.05) is 55.5 Å². The van der Waals surface area contributed by atoms with Gasteiger partial charge in [-0.15, -0.1) is 0 Å². The lowest BCUT2D eigenvalue weighted by molar-refractivity contribution is -0.138. The molecule has 0 aliphatic heterocycles. The van der Waals surface area contributed by atoms with Crippen molar-refractivity contribution in [1.82, 2.24) is 16.0 Å². The summed E-state index contributed by atoms with van der Waals surface area (Å²) in [6, 6.07) is 15.5. The first-order valence-electron chi connectivity index (χ1n) is 11.3. The fourth-order valence-electron chi connectivity index (χ4n) is 4.11. The fourth-order valence-corrected chi connectivity index (χ4v) is 4.11. The zero-order chi connectivity index (χ0) is 24.5. The third-order valence-electron chi connectivity index (χ3n) is 5.61. The Kier molecular flexibility index (Phi) is 8.61. The highest BCUT2D eigenvalue weighted by Gasteiger charge is 2.29. The highest BCUT2D eigenvalue weighted by molar-refractivity contribution is 5.87. The molecule has 2 aromatic rings. The molecule has 0 spiro atoms. The van der Waals surface area contributed by atoms with Crippen molar-refractivity contribution in [3.05, 3.63) is 59.7 Å². The van der Waals surface area contributed by atoms with Gasteiger partial charge in [0.05, 0.1) is 13.0 Å². The minimum atomic E-state index is -1.00. The molecule has 9 nitrogen and oxygen atoms in total. The topological polar surface area (TPSA) is 134 Å². The van der Waals surface area contributed by atoms with E-state index in [1.54, 1.807) is 0 Å². The summed E-state index contributed by atoms with van der Waals surface area (Å²) < 4.78 is 5.37. The molecule has 2 aromatic carbocycles. The maximum Gasteiger partial charge on any atom is 0.407 e. The Bertz CT molecular complexity index is 1010. The summed E-state index contributed by atoms with van der Waals surface area (Å²) in [5.74, 6) is -2.14. The average molecular weight is 468 g/mol.